The van der Waals surface area contributed by atoms with Crippen molar-refractivity contribution in [3.8, 4) is 22.8 Å². The second-order valence-electron chi connectivity index (χ2n) is 7.67. The third-order valence-corrected chi connectivity index (χ3v) is 6.59. The molecular formula is C28H25IN4O3S. The standard InChI is InChI=1S/C28H25IN4O3S/c1-3-14-36-26-23(29)15-19(16-25(26)35-4-2)17-30-33-27(34)21-12-10-20(11-13-21)24-18-37-28(32-24)31-22-8-6-5-7-9-22/h3,5-13,15-18H,1,4,14H2,2H3,(H,31,32)(H,33,34)/b30-17-. The Bertz CT molecular complexity index is 1390. The van der Waals surface area contributed by atoms with Crippen molar-refractivity contribution >= 4 is 56.9 Å². The van der Waals surface area contributed by atoms with Crippen molar-refractivity contribution in [3.05, 3.63) is 99.5 Å². The van der Waals surface area contributed by atoms with Crippen LogP contribution in [0.1, 0.15) is 22.8 Å². The minimum atomic E-state index is -0.307. The van der Waals surface area contributed by atoms with E-state index in [4.69, 9.17) is 9.47 Å². The summed E-state index contributed by atoms with van der Waals surface area (Å²) in [6.07, 6.45) is 3.26. The highest BCUT2D eigenvalue weighted by Crippen LogP contribution is 2.34. The number of rotatable bonds is 11. The molecule has 2 N–H and O–H groups in total. The first kappa shape index (κ1) is 26.4. The van der Waals surface area contributed by atoms with Crippen LogP contribution in [-0.2, 0) is 0 Å². The Morgan fingerprint density at radius 2 is 1.92 bits per heavy atom. The summed E-state index contributed by atoms with van der Waals surface area (Å²) in [5.41, 5.74) is 6.60. The zero-order valence-corrected chi connectivity index (χ0v) is 23.1. The molecule has 0 saturated heterocycles. The minimum absolute atomic E-state index is 0.307. The lowest BCUT2D eigenvalue weighted by molar-refractivity contribution is 0.0955. The number of aromatic nitrogens is 1. The maximum absolute atomic E-state index is 12.6. The van der Waals surface area contributed by atoms with Gasteiger partial charge in [-0.15, -0.1) is 11.3 Å². The van der Waals surface area contributed by atoms with Gasteiger partial charge in [0.1, 0.15) is 6.61 Å². The summed E-state index contributed by atoms with van der Waals surface area (Å²) in [6, 6.07) is 20.9. The maximum Gasteiger partial charge on any atom is 0.271 e. The van der Waals surface area contributed by atoms with Crippen LogP contribution in [0.15, 0.2) is 89.9 Å². The van der Waals surface area contributed by atoms with E-state index in [-0.39, 0.29) is 5.91 Å². The van der Waals surface area contributed by atoms with Gasteiger partial charge >= 0.3 is 0 Å². The van der Waals surface area contributed by atoms with Crippen LogP contribution < -0.4 is 20.2 Å². The van der Waals surface area contributed by atoms with Gasteiger partial charge in [0, 0.05) is 22.2 Å². The van der Waals surface area contributed by atoms with Crippen molar-refractivity contribution in [1.82, 2.24) is 10.4 Å². The fourth-order valence-corrected chi connectivity index (χ4v) is 4.86. The number of ether oxygens (including phenoxy) is 2. The highest BCUT2D eigenvalue weighted by atomic mass is 127. The Kier molecular flexibility index (Phi) is 9.28. The number of benzene rings is 3. The number of carbonyl (C=O) groups is 1. The molecule has 0 spiro atoms. The SMILES string of the molecule is C=CCOc1c(I)cc(/C=N\NC(=O)c2ccc(-c3csc(Nc4ccccc4)n3)cc2)cc1OCC. The third kappa shape index (κ3) is 7.17. The van der Waals surface area contributed by atoms with Crippen LogP contribution >= 0.6 is 33.9 Å². The second kappa shape index (κ2) is 13.0. The Hall–Kier alpha value is -3.70. The van der Waals surface area contributed by atoms with Crippen molar-refractivity contribution < 1.29 is 14.3 Å². The van der Waals surface area contributed by atoms with Gasteiger partial charge in [-0.3, -0.25) is 4.79 Å². The van der Waals surface area contributed by atoms with Crippen molar-refractivity contribution in [2.24, 2.45) is 5.10 Å². The number of nitrogens with zero attached hydrogens (tertiary/aromatic N) is 2. The lowest BCUT2D eigenvalue weighted by Gasteiger charge is -2.13. The molecule has 0 atom stereocenters. The number of thiazole rings is 1. The van der Waals surface area contributed by atoms with Gasteiger partial charge in [0.05, 0.1) is 22.1 Å². The summed E-state index contributed by atoms with van der Waals surface area (Å²) < 4.78 is 12.3. The van der Waals surface area contributed by atoms with E-state index >= 15 is 0 Å². The van der Waals surface area contributed by atoms with Crippen molar-refractivity contribution in [2.45, 2.75) is 6.92 Å². The summed E-state index contributed by atoms with van der Waals surface area (Å²) in [5, 5.41) is 10.2. The minimum Gasteiger partial charge on any atom is -0.490 e. The number of hydrazone groups is 1. The van der Waals surface area contributed by atoms with Gasteiger partial charge in [-0.05, 0) is 71.5 Å². The number of anilines is 2. The van der Waals surface area contributed by atoms with Gasteiger partial charge in [-0.2, -0.15) is 5.10 Å². The molecule has 0 radical (unpaired) electrons. The van der Waals surface area contributed by atoms with Crippen LogP contribution in [0.25, 0.3) is 11.3 Å². The summed E-state index contributed by atoms with van der Waals surface area (Å²) in [7, 11) is 0. The Morgan fingerprint density at radius 1 is 1.14 bits per heavy atom. The van der Waals surface area contributed by atoms with E-state index in [1.54, 1.807) is 24.4 Å². The first-order valence-electron chi connectivity index (χ1n) is 11.5. The predicted molar refractivity (Wildman–Crippen MR) is 158 cm³/mol. The Labute approximate surface area is 233 Å². The molecule has 1 amide bonds. The lowest BCUT2D eigenvalue weighted by Crippen LogP contribution is -2.17. The average Bonchev–Trinajstić information content (AvgIpc) is 3.37. The molecule has 0 fully saturated rings. The molecule has 3 aromatic carbocycles. The quantitative estimate of drug-likeness (QED) is 0.0823. The van der Waals surface area contributed by atoms with Gasteiger partial charge in [-0.1, -0.05) is 43.0 Å². The van der Waals surface area contributed by atoms with Gasteiger partial charge in [0.25, 0.3) is 5.91 Å². The molecule has 1 heterocycles. The number of carbonyl (C=O) groups excluding carboxylic acids is 1. The van der Waals surface area contributed by atoms with E-state index in [1.807, 2.05) is 66.9 Å². The van der Waals surface area contributed by atoms with Gasteiger partial charge in [0.2, 0.25) is 0 Å². The highest BCUT2D eigenvalue weighted by Gasteiger charge is 2.12. The molecule has 0 aliphatic carbocycles. The zero-order valence-electron chi connectivity index (χ0n) is 20.1. The van der Waals surface area contributed by atoms with E-state index < -0.39 is 0 Å². The first-order chi connectivity index (χ1) is 18.1. The summed E-state index contributed by atoms with van der Waals surface area (Å²) in [6.45, 7) is 6.47. The predicted octanol–water partition coefficient (Wildman–Crippen LogP) is 6.89. The fourth-order valence-electron chi connectivity index (χ4n) is 3.34. The molecule has 0 bridgehead atoms. The van der Waals surface area contributed by atoms with E-state index in [0.717, 1.165) is 31.2 Å². The number of nitrogens with one attached hydrogen (secondary N) is 2. The molecule has 188 valence electrons. The zero-order chi connectivity index (χ0) is 26.0. The fraction of sp³-hybridized carbons (Fsp3) is 0.107. The number of para-hydroxylation sites is 1. The van der Waals surface area contributed by atoms with E-state index in [2.05, 4.69) is 50.0 Å². The molecule has 1 aromatic heterocycles. The Balaban J connectivity index is 1.38. The monoisotopic (exact) mass is 624 g/mol. The van der Waals surface area contributed by atoms with Crippen molar-refractivity contribution in [1.29, 1.82) is 0 Å². The molecule has 0 unspecified atom stereocenters. The van der Waals surface area contributed by atoms with Crippen molar-refractivity contribution in [2.75, 3.05) is 18.5 Å². The van der Waals surface area contributed by atoms with E-state index in [0.29, 0.717) is 30.3 Å². The topological polar surface area (TPSA) is 84.8 Å². The third-order valence-electron chi connectivity index (χ3n) is 5.03. The number of hydrogen-bond donors (Lipinski definition) is 2. The molecule has 7 nitrogen and oxygen atoms in total. The molecule has 4 aromatic rings. The van der Waals surface area contributed by atoms with E-state index in [1.165, 1.54) is 11.3 Å². The molecule has 9 heteroatoms. The number of hydrogen-bond acceptors (Lipinski definition) is 7. The molecule has 0 aliphatic rings. The lowest BCUT2D eigenvalue weighted by atomic mass is 10.1. The van der Waals surface area contributed by atoms with Crippen molar-refractivity contribution in [3.63, 3.8) is 0 Å². The number of amides is 1. The van der Waals surface area contributed by atoms with Crippen LogP contribution in [-0.4, -0.2) is 30.3 Å². The van der Waals surface area contributed by atoms with Gasteiger partial charge < -0.3 is 14.8 Å². The molecule has 0 aliphatic heterocycles. The summed E-state index contributed by atoms with van der Waals surface area (Å²) in [5.74, 6) is 0.966. The molecule has 0 saturated carbocycles. The van der Waals surface area contributed by atoms with Crippen LogP contribution in [0, 0.1) is 3.57 Å². The second-order valence-corrected chi connectivity index (χ2v) is 9.69. The summed E-state index contributed by atoms with van der Waals surface area (Å²) >= 11 is 3.71. The van der Waals surface area contributed by atoms with E-state index in [9.17, 15) is 4.79 Å². The van der Waals surface area contributed by atoms with Gasteiger partial charge in [-0.25, -0.2) is 10.4 Å². The first-order valence-corrected chi connectivity index (χ1v) is 13.4. The average molecular weight is 625 g/mol. The van der Waals surface area contributed by atoms with Crippen LogP contribution in [0.2, 0.25) is 0 Å². The smallest absolute Gasteiger partial charge is 0.271 e. The normalized spacial score (nSPS) is 10.8. The number of halogens is 1. The largest absolute Gasteiger partial charge is 0.490 e. The van der Waals surface area contributed by atoms with Crippen LogP contribution in [0.4, 0.5) is 10.8 Å². The molecular weight excluding hydrogens is 599 g/mol. The van der Waals surface area contributed by atoms with Crippen LogP contribution in [0.5, 0.6) is 11.5 Å². The molecule has 37 heavy (non-hydrogen) atoms. The summed E-state index contributed by atoms with van der Waals surface area (Å²) in [4.78, 5) is 17.2. The highest BCUT2D eigenvalue weighted by molar-refractivity contribution is 14.1. The van der Waals surface area contributed by atoms with Gasteiger partial charge in [0.15, 0.2) is 16.6 Å². The Morgan fingerprint density at radius 3 is 2.65 bits per heavy atom. The molecule has 4 rings (SSSR count). The maximum atomic E-state index is 12.6. The van der Waals surface area contributed by atoms with Crippen LogP contribution in [0.3, 0.4) is 0 Å².